The van der Waals surface area contributed by atoms with Crippen LogP contribution in [0, 0.1) is 10.5 Å². The van der Waals surface area contributed by atoms with Gasteiger partial charge in [-0.05, 0) is 23.3 Å². The van der Waals surface area contributed by atoms with Crippen molar-refractivity contribution in [2.75, 3.05) is 11.5 Å². The third-order valence-corrected chi connectivity index (χ3v) is 3.49. The summed E-state index contributed by atoms with van der Waals surface area (Å²) in [4.78, 5) is 0. The predicted molar refractivity (Wildman–Crippen MR) is 71.7 cm³/mol. The van der Waals surface area contributed by atoms with Crippen molar-refractivity contribution in [1.82, 2.24) is 0 Å². The van der Waals surface area contributed by atoms with Crippen LogP contribution < -0.4 is 0 Å². The Balaban J connectivity index is 3.03. The lowest BCUT2D eigenvalue weighted by Crippen LogP contribution is -1.77. The molecular formula is C12H22S2. The highest BCUT2D eigenvalue weighted by Gasteiger charge is 1.86. The second-order valence-electron chi connectivity index (χ2n) is 3.32. The van der Waals surface area contributed by atoms with E-state index in [9.17, 15) is 0 Å². The summed E-state index contributed by atoms with van der Waals surface area (Å²) in [5.74, 6) is 2.41. The van der Waals surface area contributed by atoms with Gasteiger partial charge in [0.1, 0.15) is 0 Å². The van der Waals surface area contributed by atoms with Crippen molar-refractivity contribution in [2.45, 2.75) is 52.4 Å². The van der Waals surface area contributed by atoms with Gasteiger partial charge in [0.15, 0.2) is 0 Å². The van der Waals surface area contributed by atoms with Gasteiger partial charge in [-0.2, -0.15) is 0 Å². The van der Waals surface area contributed by atoms with E-state index >= 15 is 0 Å². The van der Waals surface area contributed by atoms with Crippen molar-refractivity contribution in [3.05, 3.63) is 0 Å². The van der Waals surface area contributed by atoms with E-state index in [-0.39, 0.29) is 0 Å². The fourth-order valence-electron chi connectivity index (χ4n) is 1.01. The third kappa shape index (κ3) is 12.3. The molecule has 0 aromatic rings. The van der Waals surface area contributed by atoms with Gasteiger partial charge >= 0.3 is 0 Å². The molecule has 0 aromatic carbocycles. The SMILES string of the molecule is CCCCCSC#CSCCCCC. The maximum Gasteiger partial charge on any atom is 0.00569 e. The molecule has 2 heteroatoms. The number of hydrogen-bond donors (Lipinski definition) is 0. The van der Waals surface area contributed by atoms with Gasteiger partial charge in [-0.1, -0.05) is 63.1 Å². The van der Waals surface area contributed by atoms with E-state index in [0.717, 1.165) is 0 Å². The van der Waals surface area contributed by atoms with Crippen molar-refractivity contribution in [3.8, 4) is 10.5 Å². The molecule has 0 aromatic heterocycles. The van der Waals surface area contributed by atoms with Crippen molar-refractivity contribution in [3.63, 3.8) is 0 Å². The first-order valence-corrected chi connectivity index (χ1v) is 7.62. The molecule has 0 saturated heterocycles. The Hall–Kier alpha value is 0.260. The third-order valence-electron chi connectivity index (χ3n) is 1.89. The molecule has 0 nitrogen and oxygen atoms in total. The standard InChI is InChI=1S/C12H22S2/c1-3-5-7-9-13-11-12-14-10-8-6-4-2/h3-10H2,1-2H3. The Morgan fingerprint density at radius 1 is 0.714 bits per heavy atom. The molecule has 0 saturated carbocycles. The Bertz CT molecular complexity index is 139. The Morgan fingerprint density at radius 2 is 1.14 bits per heavy atom. The van der Waals surface area contributed by atoms with E-state index in [1.807, 2.05) is 0 Å². The van der Waals surface area contributed by atoms with Crippen LogP contribution in [-0.2, 0) is 0 Å². The predicted octanol–water partition coefficient (Wildman–Crippen LogP) is 4.75. The summed E-state index contributed by atoms with van der Waals surface area (Å²) in [5.41, 5.74) is 0. The Morgan fingerprint density at radius 3 is 1.50 bits per heavy atom. The molecular weight excluding hydrogens is 208 g/mol. The summed E-state index contributed by atoms with van der Waals surface area (Å²) in [7, 11) is 0. The van der Waals surface area contributed by atoms with E-state index in [0.29, 0.717) is 0 Å². The summed E-state index contributed by atoms with van der Waals surface area (Å²) >= 11 is 3.55. The fourth-order valence-corrected chi connectivity index (χ4v) is 2.38. The van der Waals surface area contributed by atoms with Crippen molar-refractivity contribution in [1.29, 1.82) is 0 Å². The zero-order valence-corrected chi connectivity index (χ0v) is 11.1. The minimum atomic E-state index is 1.20. The maximum absolute atomic E-state index is 3.15. The molecule has 0 fully saturated rings. The van der Waals surface area contributed by atoms with Crippen molar-refractivity contribution >= 4 is 23.5 Å². The van der Waals surface area contributed by atoms with Gasteiger partial charge < -0.3 is 0 Å². The minimum absolute atomic E-state index is 1.20. The van der Waals surface area contributed by atoms with E-state index in [1.54, 1.807) is 23.5 Å². The van der Waals surface area contributed by atoms with Crippen LogP contribution in [-0.4, -0.2) is 11.5 Å². The molecule has 14 heavy (non-hydrogen) atoms. The smallest absolute Gasteiger partial charge is 0.00569 e. The minimum Gasteiger partial charge on any atom is -0.0742 e. The van der Waals surface area contributed by atoms with Gasteiger partial charge in [-0.25, -0.2) is 0 Å². The van der Waals surface area contributed by atoms with Gasteiger partial charge in [0, 0.05) is 11.5 Å². The lowest BCUT2D eigenvalue weighted by molar-refractivity contribution is 0.779. The lowest BCUT2D eigenvalue weighted by Gasteiger charge is -1.92. The van der Waals surface area contributed by atoms with Crippen LogP contribution in [0.1, 0.15) is 52.4 Å². The molecule has 0 rings (SSSR count). The molecule has 0 spiro atoms. The zero-order chi connectivity index (χ0) is 10.5. The molecule has 0 amide bonds. The van der Waals surface area contributed by atoms with E-state index in [2.05, 4.69) is 24.4 Å². The lowest BCUT2D eigenvalue weighted by atomic mass is 10.3. The number of hydrogen-bond acceptors (Lipinski definition) is 2. The normalized spacial score (nSPS) is 9.57. The first-order chi connectivity index (χ1) is 6.91. The molecule has 82 valence electrons. The molecule has 0 heterocycles. The molecule has 0 aliphatic carbocycles. The summed E-state index contributed by atoms with van der Waals surface area (Å²) in [6, 6.07) is 0. The number of rotatable bonds is 8. The molecule has 0 aliphatic heterocycles. The topological polar surface area (TPSA) is 0 Å². The van der Waals surface area contributed by atoms with Gasteiger partial charge in [0.05, 0.1) is 0 Å². The quantitative estimate of drug-likeness (QED) is 0.436. The Labute approximate surface area is 98.0 Å². The largest absolute Gasteiger partial charge is 0.0742 e. The summed E-state index contributed by atoms with van der Waals surface area (Å²) in [6.07, 6.45) is 7.93. The monoisotopic (exact) mass is 230 g/mol. The van der Waals surface area contributed by atoms with Gasteiger partial charge in [0.2, 0.25) is 0 Å². The fraction of sp³-hybridized carbons (Fsp3) is 0.833. The van der Waals surface area contributed by atoms with E-state index < -0.39 is 0 Å². The van der Waals surface area contributed by atoms with Crippen LogP contribution in [0.3, 0.4) is 0 Å². The summed E-state index contributed by atoms with van der Waals surface area (Å²) in [5, 5.41) is 6.30. The van der Waals surface area contributed by atoms with Crippen molar-refractivity contribution in [2.24, 2.45) is 0 Å². The van der Waals surface area contributed by atoms with Gasteiger partial charge in [-0.15, -0.1) is 0 Å². The van der Waals surface area contributed by atoms with Crippen LogP contribution in [0.5, 0.6) is 0 Å². The van der Waals surface area contributed by atoms with Gasteiger partial charge in [0.25, 0.3) is 0 Å². The van der Waals surface area contributed by atoms with E-state index in [1.165, 1.54) is 50.0 Å². The van der Waals surface area contributed by atoms with Crippen LogP contribution in [0.2, 0.25) is 0 Å². The molecule has 0 unspecified atom stereocenters. The highest BCUT2D eigenvalue weighted by Crippen LogP contribution is 2.07. The van der Waals surface area contributed by atoms with Crippen LogP contribution in [0.25, 0.3) is 0 Å². The second kappa shape index (κ2) is 13.3. The first kappa shape index (κ1) is 14.3. The molecule has 0 radical (unpaired) electrons. The highest BCUT2D eigenvalue weighted by atomic mass is 32.2. The van der Waals surface area contributed by atoms with Crippen LogP contribution in [0.15, 0.2) is 0 Å². The zero-order valence-electron chi connectivity index (χ0n) is 9.47. The molecule has 0 N–H and O–H groups in total. The molecule has 0 bridgehead atoms. The average Bonchev–Trinajstić information content (AvgIpc) is 2.21. The summed E-state index contributed by atoms with van der Waals surface area (Å²) in [6.45, 7) is 4.47. The second-order valence-corrected chi connectivity index (χ2v) is 5.12. The first-order valence-electron chi connectivity index (χ1n) is 5.65. The van der Waals surface area contributed by atoms with Gasteiger partial charge in [-0.3, -0.25) is 0 Å². The molecule has 0 atom stereocenters. The number of thioether (sulfide) groups is 2. The van der Waals surface area contributed by atoms with Crippen molar-refractivity contribution < 1.29 is 0 Å². The maximum atomic E-state index is 3.15. The van der Waals surface area contributed by atoms with Crippen LogP contribution >= 0.6 is 23.5 Å². The van der Waals surface area contributed by atoms with Crippen LogP contribution in [0.4, 0.5) is 0 Å². The molecule has 0 aliphatic rings. The van der Waals surface area contributed by atoms with E-state index in [4.69, 9.17) is 0 Å². The summed E-state index contributed by atoms with van der Waals surface area (Å²) < 4.78 is 0. The Kier molecular flexibility index (Phi) is 13.5. The highest BCUT2D eigenvalue weighted by molar-refractivity contribution is 8.07. The number of unbranched alkanes of at least 4 members (excludes halogenated alkanes) is 4. The average molecular weight is 230 g/mol.